The van der Waals surface area contributed by atoms with Gasteiger partial charge in [0.2, 0.25) is 0 Å². The van der Waals surface area contributed by atoms with Crippen molar-refractivity contribution in [1.29, 1.82) is 0 Å². The standard InChI is InChI=1S/C19H20FN3O2S/c1-12-4-2-3-9-19(12)17(24)23(18(25)22-19)10-15-11-26-16(21-15)13-5-7-14(20)8-6-13/h5-8,11-12H,2-4,9-10H2,1H3,(H,22,25)/t12-,19+/m0/s1. The first kappa shape index (κ1) is 17.1. The zero-order chi connectivity index (χ0) is 18.3. The predicted molar refractivity (Wildman–Crippen MR) is 97.0 cm³/mol. The summed E-state index contributed by atoms with van der Waals surface area (Å²) in [5.41, 5.74) is 0.737. The summed E-state index contributed by atoms with van der Waals surface area (Å²) in [4.78, 5) is 31.2. The smallest absolute Gasteiger partial charge is 0.323 e. The maximum atomic E-state index is 13.1. The monoisotopic (exact) mass is 373 g/mol. The summed E-state index contributed by atoms with van der Waals surface area (Å²) in [5.74, 6) is -0.286. The van der Waals surface area contributed by atoms with Crippen molar-refractivity contribution in [3.8, 4) is 10.6 Å². The van der Waals surface area contributed by atoms with Crippen molar-refractivity contribution in [2.24, 2.45) is 5.92 Å². The predicted octanol–water partition coefficient (Wildman–Crippen LogP) is 3.95. The number of nitrogens with zero attached hydrogens (tertiary/aromatic N) is 2. The molecule has 2 heterocycles. The topological polar surface area (TPSA) is 62.3 Å². The second-order valence-electron chi connectivity index (χ2n) is 7.09. The summed E-state index contributed by atoms with van der Waals surface area (Å²) in [6.07, 6.45) is 3.70. The van der Waals surface area contributed by atoms with E-state index in [1.54, 1.807) is 12.1 Å². The zero-order valence-corrected chi connectivity index (χ0v) is 15.3. The minimum atomic E-state index is -0.745. The van der Waals surface area contributed by atoms with E-state index in [1.165, 1.54) is 28.4 Å². The lowest BCUT2D eigenvalue weighted by atomic mass is 9.73. The zero-order valence-electron chi connectivity index (χ0n) is 14.5. The first-order valence-electron chi connectivity index (χ1n) is 8.84. The quantitative estimate of drug-likeness (QED) is 0.829. The number of hydrogen-bond acceptors (Lipinski definition) is 4. The van der Waals surface area contributed by atoms with Crippen LogP contribution in [0.4, 0.5) is 9.18 Å². The lowest BCUT2D eigenvalue weighted by Gasteiger charge is -2.36. The maximum Gasteiger partial charge on any atom is 0.325 e. The Bertz CT molecular complexity index is 851. The highest BCUT2D eigenvalue weighted by molar-refractivity contribution is 7.13. The van der Waals surface area contributed by atoms with E-state index in [2.05, 4.69) is 10.3 Å². The van der Waals surface area contributed by atoms with E-state index in [0.717, 1.165) is 29.8 Å². The minimum absolute atomic E-state index is 0.133. The molecule has 1 aliphatic heterocycles. The van der Waals surface area contributed by atoms with Crippen LogP contribution in [0.25, 0.3) is 10.6 Å². The number of urea groups is 1. The van der Waals surface area contributed by atoms with E-state index in [9.17, 15) is 14.0 Å². The number of rotatable bonds is 3. The number of carbonyl (C=O) groups excluding carboxylic acids is 2. The van der Waals surface area contributed by atoms with Gasteiger partial charge in [0, 0.05) is 10.9 Å². The molecule has 3 amide bonds. The molecule has 1 saturated heterocycles. The summed E-state index contributed by atoms with van der Waals surface area (Å²) >= 11 is 1.42. The second-order valence-corrected chi connectivity index (χ2v) is 7.95. The molecule has 2 aromatic rings. The lowest BCUT2D eigenvalue weighted by molar-refractivity contribution is -0.134. The third-order valence-electron chi connectivity index (χ3n) is 5.46. The molecule has 26 heavy (non-hydrogen) atoms. The minimum Gasteiger partial charge on any atom is -0.323 e. The van der Waals surface area contributed by atoms with Gasteiger partial charge in [-0.05, 0) is 43.0 Å². The first-order chi connectivity index (χ1) is 12.5. The molecular weight excluding hydrogens is 353 g/mol. The molecule has 1 spiro atoms. The normalized spacial score (nSPS) is 25.8. The molecule has 7 heteroatoms. The first-order valence-corrected chi connectivity index (χ1v) is 9.72. The Hall–Kier alpha value is -2.28. The Labute approximate surface area is 155 Å². The fraction of sp³-hybridized carbons (Fsp3) is 0.421. The summed E-state index contributed by atoms with van der Waals surface area (Å²) < 4.78 is 13.1. The molecular formula is C19H20FN3O2S. The van der Waals surface area contributed by atoms with Gasteiger partial charge in [-0.2, -0.15) is 0 Å². The molecule has 1 aromatic carbocycles. The molecule has 0 bridgehead atoms. The van der Waals surface area contributed by atoms with Gasteiger partial charge in [0.05, 0.1) is 12.2 Å². The lowest BCUT2D eigenvalue weighted by Crippen LogP contribution is -2.53. The molecule has 2 fully saturated rings. The molecule has 2 atom stereocenters. The highest BCUT2D eigenvalue weighted by Crippen LogP contribution is 2.38. The third kappa shape index (κ3) is 2.80. The third-order valence-corrected chi connectivity index (χ3v) is 6.40. The van der Waals surface area contributed by atoms with Crippen molar-refractivity contribution in [2.75, 3.05) is 0 Å². The fourth-order valence-electron chi connectivity index (χ4n) is 3.91. The number of amides is 3. The number of aromatic nitrogens is 1. The summed E-state index contributed by atoms with van der Waals surface area (Å²) in [6, 6.07) is 5.79. The van der Waals surface area contributed by atoms with E-state index < -0.39 is 5.54 Å². The van der Waals surface area contributed by atoms with Crippen LogP contribution in [0.1, 0.15) is 38.3 Å². The van der Waals surface area contributed by atoms with Gasteiger partial charge in [-0.25, -0.2) is 14.2 Å². The molecule has 1 aliphatic carbocycles. The number of imide groups is 1. The Morgan fingerprint density at radius 1 is 1.31 bits per heavy atom. The van der Waals surface area contributed by atoms with Crippen LogP contribution in [-0.2, 0) is 11.3 Å². The Kier molecular flexibility index (Phi) is 4.26. The van der Waals surface area contributed by atoms with Crippen molar-refractivity contribution < 1.29 is 14.0 Å². The molecule has 1 N–H and O–H groups in total. The maximum absolute atomic E-state index is 13.1. The van der Waals surface area contributed by atoms with Gasteiger partial charge in [0.25, 0.3) is 5.91 Å². The number of halogens is 1. The molecule has 5 nitrogen and oxygen atoms in total. The van der Waals surface area contributed by atoms with Crippen LogP contribution in [0.15, 0.2) is 29.6 Å². The Morgan fingerprint density at radius 2 is 2.08 bits per heavy atom. The molecule has 0 radical (unpaired) electrons. The van der Waals surface area contributed by atoms with Gasteiger partial charge in [-0.1, -0.05) is 19.8 Å². The average Bonchev–Trinajstić information content (AvgIpc) is 3.18. The Balaban J connectivity index is 1.53. The molecule has 4 rings (SSSR count). The number of benzene rings is 1. The molecule has 0 unspecified atom stereocenters. The van der Waals surface area contributed by atoms with Gasteiger partial charge in [-0.15, -0.1) is 11.3 Å². The largest absolute Gasteiger partial charge is 0.325 e. The van der Waals surface area contributed by atoms with Crippen LogP contribution >= 0.6 is 11.3 Å². The van der Waals surface area contributed by atoms with Gasteiger partial charge in [0.1, 0.15) is 16.4 Å². The van der Waals surface area contributed by atoms with E-state index >= 15 is 0 Å². The van der Waals surface area contributed by atoms with Gasteiger partial charge >= 0.3 is 6.03 Å². The van der Waals surface area contributed by atoms with Crippen LogP contribution in [0.3, 0.4) is 0 Å². The summed E-state index contributed by atoms with van der Waals surface area (Å²) in [6.45, 7) is 2.20. The van der Waals surface area contributed by atoms with E-state index in [1.807, 2.05) is 12.3 Å². The molecule has 1 aromatic heterocycles. The van der Waals surface area contributed by atoms with E-state index in [0.29, 0.717) is 12.1 Å². The summed E-state index contributed by atoms with van der Waals surface area (Å²) in [5, 5.41) is 5.54. The SMILES string of the molecule is C[C@H]1CCCC[C@@]12NC(=O)N(Cc1csc(-c3ccc(F)cc3)n1)C2=O. The van der Waals surface area contributed by atoms with Crippen molar-refractivity contribution in [2.45, 2.75) is 44.7 Å². The van der Waals surface area contributed by atoms with E-state index in [-0.39, 0.29) is 30.2 Å². The van der Waals surface area contributed by atoms with Crippen molar-refractivity contribution in [3.63, 3.8) is 0 Å². The van der Waals surface area contributed by atoms with E-state index in [4.69, 9.17) is 0 Å². The average molecular weight is 373 g/mol. The highest BCUT2D eigenvalue weighted by atomic mass is 32.1. The van der Waals surface area contributed by atoms with Crippen molar-refractivity contribution in [3.05, 3.63) is 41.2 Å². The van der Waals surface area contributed by atoms with Gasteiger partial charge in [-0.3, -0.25) is 9.69 Å². The van der Waals surface area contributed by atoms with Gasteiger partial charge < -0.3 is 5.32 Å². The Morgan fingerprint density at radius 3 is 2.81 bits per heavy atom. The van der Waals surface area contributed by atoms with Crippen molar-refractivity contribution >= 4 is 23.3 Å². The number of nitrogens with one attached hydrogen (secondary N) is 1. The summed E-state index contributed by atoms with van der Waals surface area (Å²) in [7, 11) is 0. The van der Waals surface area contributed by atoms with Crippen molar-refractivity contribution in [1.82, 2.24) is 15.2 Å². The van der Waals surface area contributed by atoms with Crippen LogP contribution < -0.4 is 5.32 Å². The van der Waals surface area contributed by atoms with Crippen LogP contribution in [0, 0.1) is 11.7 Å². The number of thiazole rings is 1. The highest BCUT2D eigenvalue weighted by Gasteiger charge is 2.54. The fourth-order valence-corrected chi connectivity index (χ4v) is 4.72. The van der Waals surface area contributed by atoms with Crippen LogP contribution in [-0.4, -0.2) is 27.4 Å². The van der Waals surface area contributed by atoms with Crippen LogP contribution in [0.2, 0.25) is 0 Å². The van der Waals surface area contributed by atoms with Crippen LogP contribution in [0.5, 0.6) is 0 Å². The number of carbonyl (C=O) groups is 2. The molecule has 1 saturated carbocycles. The molecule has 136 valence electrons. The molecule has 2 aliphatic rings. The number of hydrogen-bond donors (Lipinski definition) is 1. The second kappa shape index (κ2) is 6.46. The van der Waals surface area contributed by atoms with Gasteiger partial charge in [0.15, 0.2) is 0 Å².